The average Bonchev–Trinajstić information content (AvgIpc) is 3.30. The molecular formula is C21H30Cl2N2OS. The Morgan fingerprint density at radius 1 is 1.00 bits per heavy atom. The number of fused-ring (bicyclic) bond motifs is 1. The number of halogens is 2. The molecule has 0 amide bonds. The summed E-state index contributed by atoms with van der Waals surface area (Å²) in [5.41, 5.74) is 1.43. The lowest BCUT2D eigenvalue weighted by Crippen LogP contribution is -2.28. The molecule has 0 aliphatic carbocycles. The molecule has 2 aliphatic rings. The second kappa shape index (κ2) is 9.62. The molecule has 4 rings (SSSR count). The first kappa shape index (κ1) is 22.5. The zero-order chi connectivity index (χ0) is 17.4. The van der Waals surface area contributed by atoms with Crippen LogP contribution in [-0.4, -0.2) is 43.6 Å². The predicted octanol–water partition coefficient (Wildman–Crippen LogP) is 4.90. The number of hydrogen-bond acceptors (Lipinski definition) is 4. The highest BCUT2D eigenvalue weighted by Crippen LogP contribution is 2.44. The Morgan fingerprint density at radius 3 is 2.33 bits per heavy atom. The molecular weight excluding hydrogens is 399 g/mol. The van der Waals surface area contributed by atoms with Gasteiger partial charge in [-0.15, -0.1) is 36.2 Å². The van der Waals surface area contributed by atoms with Gasteiger partial charge in [0.05, 0.1) is 7.11 Å². The summed E-state index contributed by atoms with van der Waals surface area (Å²) in [6.45, 7) is 7.02. The normalized spacial score (nSPS) is 24.9. The van der Waals surface area contributed by atoms with Gasteiger partial charge in [-0.25, -0.2) is 0 Å². The molecule has 1 aromatic heterocycles. The first-order chi connectivity index (χ1) is 12.2. The minimum absolute atomic E-state index is 0. The highest BCUT2D eigenvalue weighted by atomic mass is 35.5. The molecule has 3 atom stereocenters. The zero-order valence-corrected chi connectivity index (χ0v) is 18.7. The van der Waals surface area contributed by atoms with E-state index in [0.29, 0.717) is 6.04 Å². The SMILES string of the molecule is CCc1ccc(CN2C[C@@H]3CN(C)[C@@H](c4ccc(OC)cc4)[C@@H]3C2)s1.Cl.Cl. The quantitative estimate of drug-likeness (QED) is 0.673. The molecule has 3 nitrogen and oxygen atoms in total. The smallest absolute Gasteiger partial charge is 0.118 e. The van der Waals surface area contributed by atoms with Crippen molar-refractivity contribution in [1.29, 1.82) is 0 Å². The maximum Gasteiger partial charge on any atom is 0.118 e. The monoisotopic (exact) mass is 428 g/mol. The Balaban J connectivity index is 0.00000131. The molecule has 2 fully saturated rings. The molecule has 3 heterocycles. The van der Waals surface area contributed by atoms with Gasteiger partial charge in [-0.05, 0) is 55.1 Å². The molecule has 2 aliphatic heterocycles. The van der Waals surface area contributed by atoms with E-state index in [2.05, 4.69) is 60.2 Å². The lowest BCUT2D eigenvalue weighted by molar-refractivity contribution is 0.225. The van der Waals surface area contributed by atoms with Crippen molar-refractivity contribution in [3.63, 3.8) is 0 Å². The van der Waals surface area contributed by atoms with Gasteiger partial charge in [0.15, 0.2) is 0 Å². The lowest BCUT2D eigenvalue weighted by atomic mass is 9.89. The molecule has 27 heavy (non-hydrogen) atoms. The molecule has 0 unspecified atom stereocenters. The van der Waals surface area contributed by atoms with Crippen LogP contribution in [0.5, 0.6) is 5.75 Å². The third-order valence-electron chi connectivity index (χ3n) is 5.87. The average molecular weight is 429 g/mol. The van der Waals surface area contributed by atoms with Gasteiger partial charge >= 0.3 is 0 Å². The summed E-state index contributed by atoms with van der Waals surface area (Å²) in [4.78, 5) is 8.25. The number of thiophene rings is 1. The first-order valence-electron chi connectivity index (χ1n) is 9.32. The van der Waals surface area contributed by atoms with Crippen LogP contribution in [0.1, 0.15) is 28.3 Å². The number of hydrogen-bond donors (Lipinski definition) is 0. The van der Waals surface area contributed by atoms with E-state index in [4.69, 9.17) is 4.74 Å². The van der Waals surface area contributed by atoms with Crippen LogP contribution in [0.25, 0.3) is 0 Å². The van der Waals surface area contributed by atoms with Crippen molar-refractivity contribution >= 4 is 36.2 Å². The number of aryl methyl sites for hydroxylation is 1. The van der Waals surface area contributed by atoms with Crippen molar-refractivity contribution in [2.24, 2.45) is 11.8 Å². The van der Waals surface area contributed by atoms with Crippen molar-refractivity contribution < 1.29 is 4.74 Å². The molecule has 0 radical (unpaired) electrons. The molecule has 2 aromatic rings. The standard InChI is InChI=1S/C21H28N2OS.2ClH/c1-4-18-9-10-19(25-18)13-23-12-16-11-22(2)21(20(16)14-23)15-5-7-17(24-3)8-6-15;;/h5-10,16,20-21H,4,11-14H2,1-3H3;2*1H/t16-,20+,21-;;/m0../s1. The number of benzene rings is 1. The fourth-order valence-electron chi connectivity index (χ4n) is 4.70. The van der Waals surface area contributed by atoms with Crippen LogP contribution in [-0.2, 0) is 13.0 Å². The van der Waals surface area contributed by atoms with Gasteiger partial charge in [0.25, 0.3) is 0 Å². The summed E-state index contributed by atoms with van der Waals surface area (Å²) in [5, 5.41) is 0. The first-order valence-corrected chi connectivity index (χ1v) is 10.1. The molecule has 1 aromatic carbocycles. The van der Waals surface area contributed by atoms with Crippen LogP contribution in [0.3, 0.4) is 0 Å². The summed E-state index contributed by atoms with van der Waals surface area (Å²) in [7, 11) is 4.01. The van der Waals surface area contributed by atoms with Gasteiger partial charge in [-0.3, -0.25) is 9.80 Å². The largest absolute Gasteiger partial charge is 0.497 e. The molecule has 0 spiro atoms. The van der Waals surface area contributed by atoms with Crippen molar-refractivity contribution in [2.75, 3.05) is 33.8 Å². The third-order valence-corrected chi connectivity index (χ3v) is 7.09. The Labute approximate surface area is 179 Å². The van der Waals surface area contributed by atoms with Crippen molar-refractivity contribution in [3.05, 3.63) is 51.7 Å². The number of rotatable bonds is 5. The van der Waals surface area contributed by atoms with Crippen LogP contribution in [0.2, 0.25) is 0 Å². The van der Waals surface area contributed by atoms with Crippen molar-refractivity contribution in [1.82, 2.24) is 9.80 Å². The maximum atomic E-state index is 5.32. The van der Waals surface area contributed by atoms with E-state index in [9.17, 15) is 0 Å². The minimum atomic E-state index is 0. The van der Waals surface area contributed by atoms with Gasteiger partial charge in [-0.1, -0.05) is 19.1 Å². The van der Waals surface area contributed by atoms with E-state index in [-0.39, 0.29) is 24.8 Å². The van der Waals surface area contributed by atoms with E-state index in [1.807, 2.05) is 11.3 Å². The van der Waals surface area contributed by atoms with Crippen LogP contribution in [0.4, 0.5) is 0 Å². The second-order valence-electron chi connectivity index (χ2n) is 7.50. The molecule has 150 valence electrons. The third kappa shape index (κ3) is 4.63. The molecule has 2 saturated heterocycles. The Hall–Kier alpha value is -0.780. The second-order valence-corrected chi connectivity index (χ2v) is 8.75. The zero-order valence-electron chi connectivity index (χ0n) is 16.3. The number of nitrogens with zero attached hydrogens (tertiary/aromatic N) is 2. The van der Waals surface area contributed by atoms with Crippen molar-refractivity contribution in [3.8, 4) is 5.75 Å². The summed E-state index contributed by atoms with van der Waals surface area (Å²) < 4.78 is 5.32. The van der Waals surface area contributed by atoms with Gasteiger partial charge < -0.3 is 4.74 Å². The lowest BCUT2D eigenvalue weighted by Gasteiger charge is -2.26. The Morgan fingerprint density at radius 2 is 1.70 bits per heavy atom. The van der Waals surface area contributed by atoms with E-state index in [0.717, 1.165) is 30.6 Å². The summed E-state index contributed by atoms with van der Waals surface area (Å²) in [6, 6.07) is 13.9. The topological polar surface area (TPSA) is 15.7 Å². The number of likely N-dealkylation sites (tertiary alicyclic amines) is 2. The molecule has 0 bridgehead atoms. The highest BCUT2D eigenvalue weighted by molar-refractivity contribution is 7.11. The number of ether oxygens (including phenoxy) is 1. The van der Waals surface area contributed by atoms with E-state index < -0.39 is 0 Å². The summed E-state index contributed by atoms with van der Waals surface area (Å²) >= 11 is 1.98. The molecule has 6 heteroatoms. The predicted molar refractivity (Wildman–Crippen MR) is 119 cm³/mol. The summed E-state index contributed by atoms with van der Waals surface area (Å²) in [5.74, 6) is 2.48. The van der Waals surface area contributed by atoms with E-state index >= 15 is 0 Å². The van der Waals surface area contributed by atoms with Crippen LogP contribution in [0.15, 0.2) is 36.4 Å². The summed E-state index contributed by atoms with van der Waals surface area (Å²) in [6.07, 6.45) is 1.15. The van der Waals surface area contributed by atoms with Crippen LogP contribution >= 0.6 is 36.2 Å². The van der Waals surface area contributed by atoms with Gasteiger partial charge in [0, 0.05) is 42.0 Å². The fraction of sp³-hybridized carbons (Fsp3) is 0.524. The van der Waals surface area contributed by atoms with Crippen LogP contribution in [0, 0.1) is 11.8 Å². The maximum absolute atomic E-state index is 5.32. The van der Waals surface area contributed by atoms with Gasteiger partial charge in [0.1, 0.15) is 5.75 Å². The minimum Gasteiger partial charge on any atom is -0.497 e. The molecule has 0 saturated carbocycles. The fourth-order valence-corrected chi connectivity index (χ4v) is 5.70. The van der Waals surface area contributed by atoms with Crippen LogP contribution < -0.4 is 4.74 Å². The van der Waals surface area contributed by atoms with Crippen molar-refractivity contribution in [2.45, 2.75) is 25.9 Å². The van der Waals surface area contributed by atoms with Gasteiger partial charge in [-0.2, -0.15) is 0 Å². The number of methoxy groups -OCH3 is 1. The molecule has 0 N–H and O–H groups in total. The van der Waals surface area contributed by atoms with Gasteiger partial charge in [0.2, 0.25) is 0 Å². The Kier molecular flexibility index (Phi) is 8.02. The van der Waals surface area contributed by atoms with E-state index in [1.165, 1.54) is 35.0 Å². The highest BCUT2D eigenvalue weighted by Gasteiger charge is 2.45. The Bertz CT molecular complexity index is 721. The van der Waals surface area contributed by atoms with E-state index in [1.54, 1.807) is 7.11 Å².